The van der Waals surface area contributed by atoms with Crippen molar-refractivity contribution >= 4 is 39.8 Å². The predicted molar refractivity (Wildman–Crippen MR) is 99.9 cm³/mol. The third-order valence-electron chi connectivity index (χ3n) is 3.60. The molecule has 0 aliphatic carbocycles. The van der Waals surface area contributed by atoms with Crippen molar-refractivity contribution in [3.05, 3.63) is 33.3 Å². The molecule has 2 aromatic heterocycles. The van der Waals surface area contributed by atoms with Gasteiger partial charge in [-0.2, -0.15) is 10.5 Å². The van der Waals surface area contributed by atoms with Gasteiger partial charge < -0.3 is 9.47 Å². The van der Waals surface area contributed by atoms with Gasteiger partial charge in [-0.25, -0.2) is 4.98 Å². The van der Waals surface area contributed by atoms with Crippen LogP contribution >= 0.6 is 23.6 Å². The molecule has 2 aromatic rings. The van der Waals surface area contributed by atoms with Gasteiger partial charge in [0.25, 0.3) is 5.56 Å². The van der Waals surface area contributed by atoms with Crippen molar-refractivity contribution in [2.45, 2.75) is 25.9 Å². The molecular formula is C16H16N6O2S2. The Balaban J connectivity index is 2.31. The van der Waals surface area contributed by atoms with Crippen LogP contribution in [0.2, 0.25) is 0 Å². The molecule has 8 nitrogen and oxygen atoms in total. The predicted octanol–water partition coefficient (Wildman–Crippen LogP) is 1.83. The molecule has 0 aliphatic heterocycles. The van der Waals surface area contributed by atoms with Gasteiger partial charge in [0, 0.05) is 19.6 Å². The molecule has 0 saturated carbocycles. The molecule has 0 unspecified atom stereocenters. The Hall–Kier alpha value is -2.82. The zero-order valence-electron chi connectivity index (χ0n) is 13.9. The molecule has 0 bridgehead atoms. The Morgan fingerprint density at radius 2 is 2.04 bits per heavy atom. The molecule has 0 spiro atoms. The van der Waals surface area contributed by atoms with Crippen LogP contribution in [-0.4, -0.2) is 38.0 Å². The lowest BCUT2D eigenvalue weighted by atomic mass is 10.3. The largest absolute Gasteiger partial charge is 0.339 e. The molecule has 0 N–H and O–H groups in total. The zero-order valence-corrected chi connectivity index (χ0v) is 15.6. The molecule has 0 saturated heterocycles. The minimum Gasteiger partial charge on any atom is -0.339 e. The number of carbonyl (C=O) groups excluding carboxylic acids is 1. The number of carbonyl (C=O) groups is 1. The van der Waals surface area contributed by atoms with E-state index >= 15 is 0 Å². The fraction of sp³-hybridized carbons (Fsp3) is 0.375. The molecule has 134 valence electrons. The molecule has 0 radical (unpaired) electrons. The third-order valence-corrected chi connectivity index (χ3v) is 5.03. The second-order valence-electron chi connectivity index (χ2n) is 5.29. The minimum atomic E-state index is -0.345. The van der Waals surface area contributed by atoms with Gasteiger partial charge in [-0.05, 0) is 12.2 Å². The van der Waals surface area contributed by atoms with Gasteiger partial charge in [0.15, 0.2) is 9.60 Å². The minimum absolute atomic E-state index is 0.162. The van der Waals surface area contributed by atoms with Crippen LogP contribution < -0.4 is 5.56 Å². The molecule has 0 atom stereocenters. The molecule has 0 aromatic carbocycles. The quantitative estimate of drug-likeness (QED) is 0.504. The summed E-state index contributed by atoms with van der Waals surface area (Å²) in [6, 6.07) is 3.94. The summed E-state index contributed by atoms with van der Waals surface area (Å²) < 4.78 is 3.83. The van der Waals surface area contributed by atoms with Crippen molar-refractivity contribution in [1.29, 1.82) is 10.5 Å². The van der Waals surface area contributed by atoms with Crippen LogP contribution in [-0.2, 0) is 17.9 Å². The maximum absolute atomic E-state index is 12.7. The molecule has 1 amide bonds. The summed E-state index contributed by atoms with van der Waals surface area (Å²) in [5, 5.41) is 17.4. The van der Waals surface area contributed by atoms with Gasteiger partial charge in [0.05, 0.1) is 25.0 Å². The van der Waals surface area contributed by atoms with Crippen molar-refractivity contribution in [2.75, 3.05) is 13.1 Å². The van der Waals surface area contributed by atoms with E-state index in [2.05, 4.69) is 11.6 Å². The van der Waals surface area contributed by atoms with Crippen LogP contribution in [0.15, 0.2) is 23.8 Å². The number of hydrogen-bond acceptors (Lipinski definition) is 7. The number of aromatic nitrogens is 3. The topological polar surface area (TPSA) is 108 Å². The average Bonchev–Trinajstić information content (AvgIpc) is 2.94. The number of allylic oxidation sites excluding steroid dienone is 1. The van der Waals surface area contributed by atoms with E-state index in [9.17, 15) is 9.59 Å². The van der Waals surface area contributed by atoms with Crippen LogP contribution in [0, 0.1) is 26.6 Å². The molecule has 2 rings (SSSR count). The highest BCUT2D eigenvalue weighted by atomic mass is 32.1. The Morgan fingerprint density at radius 1 is 1.38 bits per heavy atom. The van der Waals surface area contributed by atoms with E-state index in [1.807, 2.05) is 12.1 Å². The number of rotatable bonds is 8. The highest BCUT2D eigenvalue weighted by molar-refractivity contribution is 7.73. The van der Waals surface area contributed by atoms with Gasteiger partial charge in [-0.3, -0.25) is 14.2 Å². The monoisotopic (exact) mass is 388 g/mol. The van der Waals surface area contributed by atoms with Crippen molar-refractivity contribution in [3.63, 3.8) is 0 Å². The fourth-order valence-corrected chi connectivity index (χ4v) is 3.67. The second kappa shape index (κ2) is 9.04. The summed E-state index contributed by atoms with van der Waals surface area (Å²) in [6.45, 7) is 4.34. The maximum atomic E-state index is 12.7. The molecule has 26 heavy (non-hydrogen) atoms. The lowest BCUT2D eigenvalue weighted by Crippen LogP contribution is -2.37. The first-order valence-corrected chi connectivity index (χ1v) is 8.97. The zero-order chi connectivity index (χ0) is 19.1. The molecule has 2 heterocycles. The number of amides is 1. The van der Waals surface area contributed by atoms with Gasteiger partial charge in [0.2, 0.25) is 5.91 Å². The summed E-state index contributed by atoms with van der Waals surface area (Å²) in [6.07, 6.45) is 3.31. The van der Waals surface area contributed by atoms with Crippen molar-refractivity contribution < 1.29 is 4.79 Å². The molecular weight excluding hydrogens is 372 g/mol. The first-order valence-electron chi connectivity index (χ1n) is 7.74. The SMILES string of the molecule is C=CCn1c(=S)sc2c(=O)n(CC(=O)N(CCC#N)CCC#N)cnc21. The first-order chi connectivity index (χ1) is 12.5. The Bertz CT molecular complexity index is 1000. The highest BCUT2D eigenvalue weighted by Gasteiger charge is 2.17. The van der Waals surface area contributed by atoms with E-state index in [-0.39, 0.29) is 43.9 Å². The van der Waals surface area contributed by atoms with Crippen LogP contribution in [0.25, 0.3) is 10.3 Å². The van der Waals surface area contributed by atoms with Crippen molar-refractivity contribution in [2.24, 2.45) is 0 Å². The van der Waals surface area contributed by atoms with Crippen LogP contribution in [0.4, 0.5) is 0 Å². The Labute approximate surface area is 158 Å². The van der Waals surface area contributed by atoms with Crippen molar-refractivity contribution in [1.82, 2.24) is 19.0 Å². The smallest absolute Gasteiger partial charge is 0.273 e. The van der Waals surface area contributed by atoms with E-state index in [0.717, 1.165) is 11.3 Å². The van der Waals surface area contributed by atoms with Crippen LogP contribution in [0.3, 0.4) is 0 Å². The van der Waals surface area contributed by atoms with E-state index in [0.29, 0.717) is 20.8 Å². The average molecular weight is 388 g/mol. The third kappa shape index (κ3) is 4.23. The van der Waals surface area contributed by atoms with Crippen molar-refractivity contribution in [3.8, 4) is 12.1 Å². The molecule has 10 heteroatoms. The standard InChI is InChI=1S/C16H16N6O2S2/c1-2-7-22-14-13(26-16(22)25)15(24)21(11-19-14)10-12(23)20(8-3-5-17)9-4-6-18/h2,11H,1,3-4,7-10H2. The van der Waals surface area contributed by atoms with Crippen LogP contribution in [0.1, 0.15) is 12.8 Å². The summed E-state index contributed by atoms with van der Waals surface area (Å²) in [4.78, 5) is 30.8. The van der Waals surface area contributed by atoms with Gasteiger partial charge in [-0.15, -0.1) is 6.58 Å². The van der Waals surface area contributed by atoms with E-state index in [4.69, 9.17) is 22.7 Å². The number of fused-ring (bicyclic) bond motifs is 1. The fourth-order valence-electron chi connectivity index (χ4n) is 2.35. The van der Waals surface area contributed by atoms with E-state index in [1.165, 1.54) is 15.8 Å². The van der Waals surface area contributed by atoms with E-state index < -0.39 is 0 Å². The molecule has 0 fully saturated rings. The lowest BCUT2D eigenvalue weighted by molar-refractivity contribution is -0.131. The van der Waals surface area contributed by atoms with E-state index in [1.54, 1.807) is 10.6 Å². The van der Waals surface area contributed by atoms with Crippen LogP contribution in [0.5, 0.6) is 0 Å². The number of thiazole rings is 1. The second-order valence-corrected chi connectivity index (χ2v) is 6.94. The highest BCUT2D eigenvalue weighted by Crippen LogP contribution is 2.17. The summed E-state index contributed by atoms with van der Waals surface area (Å²) >= 11 is 6.40. The lowest BCUT2D eigenvalue weighted by Gasteiger charge is -2.20. The number of hydrogen-bond donors (Lipinski definition) is 0. The summed E-state index contributed by atoms with van der Waals surface area (Å²) in [5.41, 5.74) is 0.127. The Morgan fingerprint density at radius 3 is 2.62 bits per heavy atom. The maximum Gasteiger partial charge on any atom is 0.273 e. The van der Waals surface area contributed by atoms with Gasteiger partial charge >= 0.3 is 0 Å². The molecule has 0 aliphatic rings. The Kier molecular flexibility index (Phi) is 6.78. The normalized spacial score (nSPS) is 10.2. The number of nitrogens with zero attached hydrogens (tertiary/aromatic N) is 6. The first kappa shape index (κ1) is 19.5. The summed E-state index contributed by atoms with van der Waals surface area (Å²) in [7, 11) is 0. The van der Waals surface area contributed by atoms with Gasteiger partial charge in [-0.1, -0.05) is 17.4 Å². The summed E-state index contributed by atoms with van der Waals surface area (Å²) in [5.74, 6) is -0.340. The number of nitriles is 2. The van der Waals surface area contributed by atoms with Gasteiger partial charge in [0.1, 0.15) is 17.6 Å².